The second kappa shape index (κ2) is 8.26. The average molecular weight is 265 g/mol. The van der Waals surface area contributed by atoms with Crippen LogP contribution >= 0.6 is 0 Å². The molecule has 2 aromatic carbocycles. The van der Waals surface area contributed by atoms with Gasteiger partial charge in [-0.1, -0.05) is 59.7 Å². The Kier molecular flexibility index (Phi) is 7.38. The number of ether oxygens (including phenoxy) is 1. The molecule has 2 aromatic rings. The van der Waals surface area contributed by atoms with E-state index in [4.69, 9.17) is 4.74 Å². The minimum absolute atomic E-state index is 0. The van der Waals surface area contributed by atoms with E-state index in [2.05, 4.69) is 62.4 Å². The topological polar surface area (TPSA) is 9.23 Å². The summed E-state index contributed by atoms with van der Waals surface area (Å²) in [6.07, 6.45) is 0. The van der Waals surface area contributed by atoms with E-state index in [-0.39, 0.29) is 51.4 Å². The molecular formula is C16H18KO. The first-order valence-corrected chi connectivity index (χ1v) is 5.93. The Labute approximate surface area is 152 Å². The number of benzene rings is 2. The molecule has 0 atom stereocenters. The molecule has 0 saturated heterocycles. The summed E-state index contributed by atoms with van der Waals surface area (Å²) in [5.41, 5.74) is 5.02. The minimum Gasteiger partial charge on any atom is -0.372 e. The van der Waals surface area contributed by atoms with Gasteiger partial charge in [0.25, 0.3) is 0 Å². The Morgan fingerprint density at radius 2 is 1.00 bits per heavy atom. The number of hydrogen-bond acceptors (Lipinski definition) is 1. The standard InChI is InChI=1S/C16H18O.K/c1-13-3-7-15(8-4-13)11-17-12-16-9-5-14(2)6-10-16;/h3-10H,11-12H2,1-2H3;. The Bertz CT molecular complexity index is 414. The molecule has 0 fully saturated rings. The third-order valence-electron chi connectivity index (χ3n) is 2.78. The van der Waals surface area contributed by atoms with E-state index < -0.39 is 0 Å². The van der Waals surface area contributed by atoms with E-state index in [1.165, 1.54) is 22.3 Å². The minimum atomic E-state index is 0. The summed E-state index contributed by atoms with van der Waals surface area (Å²) in [6, 6.07) is 16.9. The van der Waals surface area contributed by atoms with Crippen LogP contribution in [0.25, 0.3) is 0 Å². The van der Waals surface area contributed by atoms with Crippen molar-refractivity contribution < 1.29 is 4.74 Å². The fourth-order valence-electron chi connectivity index (χ4n) is 1.66. The van der Waals surface area contributed by atoms with E-state index >= 15 is 0 Å². The van der Waals surface area contributed by atoms with Crippen molar-refractivity contribution in [1.29, 1.82) is 0 Å². The van der Waals surface area contributed by atoms with Crippen molar-refractivity contribution in [1.82, 2.24) is 0 Å². The maximum absolute atomic E-state index is 5.69. The molecule has 2 heteroatoms. The Morgan fingerprint density at radius 3 is 1.33 bits per heavy atom. The third kappa shape index (κ3) is 5.35. The zero-order valence-corrected chi connectivity index (χ0v) is 14.6. The van der Waals surface area contributed by atoms with Crippen molar-refractivity contribution in [2.45, 2.75) is 27.1 Å². The van der Waals surface area contributed by atoms with E-state index in [9.17, 15) is 0 Å². The Balaban J connectivity index is 0.00000162. The van der Waals surface area contributed by atoms with Crippen LogP contribution < -0.4 is 0 Å². The second-order valence-corrected chi connectivity index (χ2v) is 4.46. The van der Waals surface area contributed by atoms with Gasteiger partial charge in [0.1, 0.15) is 0 Å². The van der Waals surface area contributed by atoms with Gasteiger partial charge in [-0.05, 0) is 25.0 Å². The maximum atomic E-state index is 5.69. The number of hydrogen-bond donors (Lipinski definition) is 0. The van der Waals surface area contributed by atoms with E-state index in [0.717, 1.165) is 0 Å². The molecule has 2 rings (SSSR count). The van der Waals surface area contributed by atoms with Crippen LogP contribution in [0.5, 0.6) is 0 Å². The Morgan fingerprint density at radius 1 is 0.667 bits per heavy atom. The van der Waals surface area contributed by atoms with Crippen molar-refractivity contribution in [2.75, 3.05) is 0 Å². The summed E-state index contributed by atoms with van der Waals surface area (Å²) in [5.74, 6) is 0. The van der Waals surface area contributed by atoms with Gasteiger partial charge in [0, 0.05) is 51.4 Å². The normalized spacial score (nSPS) is 9.89. The fraction of sp³-hybridized carbons (Fsp3) is 0.250. The molecule has 0 aliphatic rings. The SMILES string of the molecule is Cc1ccc(COCc2ccc(C)cc2)cc1.[K]. The second-order valence-electron chi connectivity index (χ2n) is 4.46. The zero-order chi connectivity index (χ0) is 12.1. The van der Waals surface area contributed by atoms with Crippen LogP contribution in [-0.4, -0.2) is 51.4 Å². The van der Waals surface area contributed by atoms with Gasteiger partial charge >= 0.3 is 0 Å². The van der Waals surface area contributed by atoms with Crippen molar-refractivity contribution in [3.8, 4) is 0 Å². The molecule has 0 N–H and O–H groups in total. The van der Waals surface area contributed by atoms with Crippen LogP contribution in [0.4, 0.5) is 0 Å². The maximum Gasteiger partial charge on any atom is 0.0721 e. The summed E-state index contributed by atoms with van der Waals surface area (Å²) in [7, 11) is 0. The van der Waals surface area contributed by atoms with E-state index in [1.54, 1.807) is 0 Å². The van der Waals surface area contributed by atoms with Crippen LogP contribution in [0.15, 0.2) is 48.5 Å². The molecule has 0 spiro atoms. The smallest absolute Gasteiger partial charge is 0.0721 e. The zero-order valence-electron chi connectivity index (χ0n) is 11.4. The first-order valence-electron chi connectivity index (χ1n) is 5.93. The predicted molar refractivity (Wildman–Crippen MR) is 76.6 cm³/mol. The van der Waals surface area contributed by atoms with E-state index in [1.807, 2.05) is 0 Å². The average Bonchev–Trinajstić information content (AvgIpc) is 2.34. The van der Waals surface area contributed by atoms with Gasteiger partial charge in [0.15, 0.2) is 0 Å². The van der Waals surface area contributed by atoms with Gasteiger partial charge in [-0.2, -0.15) is 0 Å². The molecule has 0 amide bonds. The van der Waals surface area contributed by atoms with Crippen molar-refractivity contribution in [3.63, 3.8) is 0 Å². The molecule has 1 radical (unpaired) electrons. The molecule has 1 nitrogen and oxygen atoms in total. The van der Waals surface area contributed by atoms with Gasteiger partial charge in [-0.25, -0.2) is 0 Å². The summed E-state index contributed by atoms with van der Waals surface area (Å²) in [6.45, 7) is 5.54. The molecule has 18 heavy (non-hydrogen) atoms. The molecule has 0 saturated carbocycles. The van der Waals surface area contributed by atoms with Gasteiger partial charge in [0.2, 0.25) is 0 Å². The van der Waals surface area contributed by atoms with Gasteiger partial charge in [0.05, 0.1) is 13.2 Å². The van der Waals surface area contributed by atoms with Crippen molar-refractivity contribution >= 4 is 51.4 Å². The van der Waals surface area contributed by atoms with Crippen LogP contribution in [0.1, 0.15) is 22.3 Å². The fourth-order valence-corrected chi connectivity index (χ4v) is 1.66. The summed E-state index contributed by atoms with van der Waals surface area (Å²) < 4.78 is 5.69. The van der Waals surface area contributed by atoms with Crippen molar-refractivity contribution in [3.05, 3.63) is 70.8 Å². The summed E-state index contributed by atoms with van der Waals surface area (Å²) in [4.78, 5) is 0. The monoisotopic (exact) mass is 265 g/mol. The molecule has 0 bridgehead atoms. The predicted octanol–water partition coefficient (Wildman–Crippen LogP) is 3.64. The molecule has 0 aliphatic heterocycles. The first kappa shape index (κ1) is 16.1. The molecule has 89 valence electrons. The van der Waals surface area contributed by atoms with Gasteiger partial charge in [-0.15, -0.1) is 0 Å². The van der Waals surface area contributed by atoms with Crippen LogP contribution in [0, 0.1) is 13.8 Å². The molecular weight excluding hydrogens is 247 g/mol. The van der Waals surface area contributed by atoms with Crippen LogP contribution in [0.3, 0.4) is 0 Å². The van der Waals surface area contributed by atoms with Crippen molar-refractivity contribution in [2.24, 2.45) is 0 Å². The first-order chi connectivity index (χ1) is 8.24. The molecule has 0 heterocycles. The van der Waals surface area contributed by atoms with E-state index in [0.29, 0.717) is 13.2 Å². The molecule has 0 unspecified atom stereocenters. The summed E-state index contributed by atoms with van der Waals surface area (Å²) >= 11 is 0. The van der Waals surface area contributed by atoms with Crippen LogP contribution in [-0.2, 0) is 18.0 Å². The van der Waals surface area contributed by atoms with Gasteiger partial charge < -0.3 is 4.74 Å². The largest absolute Gasteiger partial charge is 0.372 e. The third-order valence-corrected chi connectivity index (χ3v) is 2.78. The summed E-state index contributed by atoms with van der Waals surface area (Å²) in [5, 5.41) is 0. The molecule has 0 aliphatic carbocycles. The quantitative estimate of drug-likeness (QED) is 0.767. The number of aryl methyl sites for hydroxylation is 2. The van der Waals surface area contributed by atoms with Crippen LogP contribution in [0.2, 0.25) is 0 Å². The molecule has 0 aromatic heterocycles. The number of rotatable bonds is 4. The van der Waals surface area contributed by atoms with Gasteiger partial charge in [-0.3, -0.25) is 0 Å². The Hall–Kier alpha value is 0.0364.